The van der Waals surface area contributed by atoms with E-state index in [0.717, 1.165) is 5.92 Å². The first kappa shape index (κ1) is 15.5. The number of rotatable bonds is 6. The average molecular weight is 295 g/mol. The van der Waals surface area contributed by atoms with Crippen molar-refractivity contribution in [3.8, 4) is 0 Å². The quantitative estimate of drug-likeness (QED) is 0.809. The van der Waals surface area contributed by atoms with E-state index in [1.807, 2.05) is 6.07 Å². The lowest BCUT2D eigenvalue weighted by Gasteiger charge is -2.34. The molecule has 1 heterocycles. The number of carbonyl (C=O) groups is 1. The molecule has 1 aromatic rings. The molecule has 1 fully saturated rings. The zero-order valence-corrected chi connectivity index (χ0v) is 13.2. The Morgan fingerprint density at radius 1 is 1.50 bits per heavy atom. The van der Waals surface area contributed by atoms with E-state index in [-0.39, 0.29) is 12.0 Å². The van der Waals surface area contributed by atoms with Crippen molar-refractivity contribution in [3.05, 3.63) is 22.4 Å². The molecule has 0 aromatic carbocycles. The van der Waals surface area contributed by atoms with E-state index in [9.17, 15) is 4.79 Å². The van der Waals surface area contributed by atoms with Gasteiger partial charge in [-0.2, -0.15) is 0 Å². The number of hydrogen-bond donors (Lipinski definition) is 1. The van der Waals surface area contributed by atoms with Crippen molar-refractivity contribution in [3.63, 3.8) is 0 Å². The maximum atomic E-state index is 11.7. The van der Waals surface area contributed by atoms with E-state index in [1.165, 1.54) is 44.1 Å². The van der Waals surface area contributed by atoms with Gasteiger partial charge in [0, 0.05) is 10.9 Å². The molecule has 0 saturated heterocycles. The van der Waals surface area contributed by atoms with Gasteiger partial charge in [0.15, 0.2) is 0 Å². The van der Waals surface area contributed by atoms with Crippen molar-refractivity contribution in [2.75, 3.05) is 7.11 Å². The van der Waals surface area contributed by atoms with Crippen molar-refractivity contribution in [1.82, 2.24) is 5.32 Å². The zero-order chi connectivity index (χ0) is 14.4. The first-order valence-corrected chi connectivity index (χ1v) is 8.48. The number of ether oxygens (including phenoxy) is 1. The van der Waals surface area contributed by atoms with Gasteiger partial charge in [0.05, 0.1) is 19.6 Å². The monoisotopic (exact) mass is 295 g/mol. The summed E-state index contributed by atoms with van der Waals surface area (Å²) in [5.41, 5.74) is 0. The van der Waals surface area contributed by atoms with Crippen LogP contribution in [0.2, 0.25) is 0 Å². The smallest absolute Gasteiger partial charge is 0.307 e. The van der Waals surface area contributed by atoms with Crippen molar-refractivity contribution in [2.45, 2.75) is 57.5 Å². The second kappa shape index (κ2) is 7.79. The summed E-state index contributed by atoms with van der Waals surface area (Å²) in [6, 6.07) is 4.78. The Morgan fingerprint density at radius 2 is 2.30 bits per heavy atom. The molecular formula is C16H25NO2S. The molecule has 3 nitrogen and oxygen atoms in total. The van der Waals surface area contributed by atoms with Crippen molar-refractivity contribution in [2.24, 2.45) is 5.92 Å². The Kier molecular flexibility index (Phi) is 6.05. The third kappa shape index (κ3) is 4.06. The Morgan fingerprint density at radius 3 is 2.95 bits per heavy atom. The molecule has 112 valence electrons. The topological polar surface area (TPSA) is 38.3 Å². The highest BCUT2D eigenvalue weighted by Crippen LogP contribution is 2.31. The number of esters is 1. The molecule has 1 aliphatic rings. The molecule has 0 amide bonds. The van der Waals surface area contributed by atoms with Gasteiger partial charge in [-0.25, -0.2) is 0 Å². The number of carbonyl (C=O) groups excluding carboxylic acids is 1. The fraction of sp³-hybridized carbons (Fsp3) is 0.688. The van der Waals surface area contributed by atoms with Crippen LogP contribution >= 0.6 is 11.3 Å². The third-order valence-corrected chi connectivity index (χ3v) is 5.32. The Labute approximate surface area is 125 Å². The summed E-state index contributed by atoms with van der Waals surface area (Å²) in [7, 11) is 1.46. The molecule has 0 aliphatic heterocycles. The summed E-state index contributed by atoms with van der Waals surface area (Å²) >= 11 is 1.71. The summed E-state index contributed by atoms with van der Waals surface area (Å²) in [5, 5.41) is 5.80. The minimum Gasteiger partial charge on any atom is -0.469 e. The molecule has 1 aliphatic carbocycles. The van der Waals surface area contributed by atoms with E-state index in [2.05, 4.69) is 23.7 Å². The highest BCUT2D eigenvalue weighted by Gasteiger charge is 2.27. The normalized spacial score (nSPS) is 24.3. The van der Waals surface area contributed by atoms with Crippen LogP contribution < -0.4 is 5.32 Å². The van der Waals surface area contributed by atoms with E-state index < -0.39 is 0 Å². The Hall–Kier alpha value is -0.870. The number of methoxy groups -OCH3 is 1. The molecule has 3 atom stereocenters. The van der Waals surface area contributed by atoms with Crippen LogP contribution in [0.5, 0.6) is 0 Å². The van der Waals surface area contributed by atoms with E-state index in [1.54, 1.807) is 11.3 Å². The molecule has 4 heteroatoms. The highest BCUT2D eigenvalue weighted by molar-refractivity contribution is 7.10. The molecule has 1 N–H and O–H groups in total. The van der Waals surface area contributed by atoms with Crippen LogP contribution in [0.3, 0.4) is 0 Å². The molecule has 0 radical (unpaired) electrons. The molecular weight excluding hydrogens is 270 g/mol. The van der Waals surface area contributed by atoms with Crippen LogP contribution in [-0.4, -0.2) is 19.1 Å². The summed E-state index contributed by atoms with van der Waals surface area (Å²) in [5.74, 6) is 0.601. The van der Waals surface area contributed by atoms with Crippen LogP contribution in [0, 0.1) is 5.92 Å². The van der Waals surface area contributed by atoms with Gasteiger partial charge >= 0.3 is 5.97 Å². The van der Waals surface area contributed by atoms with Gasteiger partial charge in [0.1, 0.15) is 0 Å². The first-order valence-electron chi connectivity index (χ1n) is 7.60. The Bertz CT molecular complexity index is 405. The molecule has 1 aromatic heterocycles. The summed E-state index contributed by atoms with van der Waals surface area (Å²) in [4.78, 5) is 12.9. The first-order chi connectivity index (χ1) is 9.74. The maximum absolute atomic E-state index is 11.7. The second-order valence-corrected chi connectivity index (χ2v) is 6.55. The van der Waals surface area contributed by atoms with Crippen LogP contribution in [0.25, 0.3) is 0 Å². The summed E-state index contributed by atoms with van der Waals surface area (Å²) < 4.78 is 4.85. The average Bonchev–Trinajstić information content (AvgIpc) is 3.01. The van der Waals surface area contributed by atoms with E-state index in [4.69, 9.17) is 4.74 Å². The SMILES string of the molecule is CCC1CCCCC1NC(CC(=O)OC)c1cccs1. The molecule has 20 heavy (non-hydrogen) atoms. The van der Waals surface area contributed by atoms with Crippen LogP contribution in [-0.2, 0) is 9.53 Å². The fourth-order valence-corrected chi connectivity index (χ4v) is 3.94. The van der Waals surface area contributed by atoms with Crippen molar-refractivity contribution >= 4 is 17.3 Å². The lowest BCUT2D eigenvalue weighted by atomic mass is 9.82. The van der Waals surface area contributed by atoms with Crippen molar-refractivity contribution < 1.29 is 9.53 Å². The molecule has 3 unspecified atom stereocenters. The largest absolute Gasteiger partial charge is 0.469 e. The van der Waals surface area contributed by atoms with E-state index in [0.29, 0.717) is 12.5 Å². The van der Waals surface area contributed by atoms with Crippen LogP contribution in [0.15, 0.2) is 17.5 Å². The van der Waals surface area contributed by atoms with Gasteiger partial charge in [-0.15, -0.1) is 11.3 Å². The molecule has 0 spiro atoms. The van der Waals surface area contributed by atoms with Crippen LogP contribution in [0.1, 0.15) is 56.4 Å². The predicted molar refractivity (Wildman–Crippen MR) is 82.9 cm³/mol. The van der Waals surface area contributed by atoms with Crippen molar-refractivity contribution in [1.29, 1.82) is 0 Å². The molecule has 1 saturated carbocycles. The maximum Gasteiger partial charge on any atom is 0.307 e. The Balaban J connectivity index is 2.04. The zero-order valence-electron chi connectivity index (χ0n) is 12.4. The third-order valence-electron chi connectivity index (χ3n) is 4.33. The minimum atomic E-state index is -0.139. The fourth-order valence-electron chi connectivity index (χ4n) is 3.16. The lowest BCUT2D eigenvalue weighted by Crippen LogP contribution is -2.41. The second-order valence-electron chi connectivity index (χ2n) is 5.57. The molecule has 2 rings (SSSR count). The number of hydrogen-bond acceptors (Lipinski definition) is 4. The highest BCUT2D eigenvalue weighted by atomic mass is 32.1. The van der Waals surface area contributed by atoms with Gasteiger partial charge in [0.25, 0.3) is 0 Å². The summed E-state index contributed by atoms with van der Waals surface area (Å²) in [6.45, 7) is 2.27. The number of thiophene rings is 1. The van der Waals surface area contributed by atoms with Gasteiger partial charge in [-0.3, -0.25) is 4.79 Å². The minimum absolute atomic E-state index is 0.0969. The molecule has 0 bridgehead atoms. The predicted octanol–water partition coefficient (Wildman–Crippen LogP) is 3.91. The van der Waals surface area contributed by atoms with Gasteiger partial charge in [0.2, 0.25) is 0 Å². The lowest BCUT2D eigenvalue weighted by molar-refractivity contribution is -0.141. The van der Waals surface area contributed by atoms with Crippen LogP contribution in [0.4, 0.5) is 0 Å². The summed E-state index contributed by atoms with van der Waals surface area (Å²) in [6.07, 6.45) is 6.81. The standard InChI is InChI=1S/C16H25NO2S/c1-3-12-7-4-5-8-13(12)17-14(11-16(18)19-2)15-9-6-10-20-15/h6,9-10,12-14,17H,3-5,7-8,11H2,1-2H3. The van der Waals surface area contributed by atoms with Gasteiger partial charge in [-0.1, -0.05) is 32.3 Å². The van der Waals surface area contributed by atoms with Gasteiger partial charge in [-0.05, 0) is 30.2 Å². The number of nitrogens with one attached hydrogen (secondary N) is 1. The van der Waals surface area contributed by atoms with E-state index >= 15 is 0 Å². The van der Waals surface area contributed by atoms with Gasteiger partial charge < -0.3 is 10.1 Å².